The van der Waals surface area contributed by atoms with Crippen LogP contribution in [0.5, 0.6) is 0 Å². The van der Waals surface area contributed by atoms with E-state index in [0.29, 0.717) is 5.56 Å². The molecule has 0 aliphatic carbocycles. The van der Waals surface area contributed by atoms with Gasteiger partial charge in [0.1, 0.15) is 12.1 Å². The Bertz CT molecular complexity index is 908. The van der Waals surface area contributed by atoms with Crippen molar-refractivity contribution in [2.75, 3.05) is 5.43 Å². The fraction of sp³-hybridized carbons (Fsp3) is 0. The average Bonchev–Trinajstić information content (AvgIpc) is 2.62. The van der Waals surface area contributed by atoms with Crippen LogP contribution in [-0.2, 0) is 0 Å². The van der Waals surface area contributed by atoms with Gasteiger partial charge in [0.25, 0.3) is 5.69 Å². The summed E-state index contributed by atoms with van der Waals surface area (Å²) in [6, 6.07) is 15.1. The number of ketones is 1. The van der Waals surface area contributed by atoms with Crippen LogP contribution >= 0.6 is 0 Å². The highest BCUT2D eigenvalue weighted by molar-refractivity contribution is 6.51. The number of carbonyl (C=O) groups is 1. The number of hydrogen-bond acceptors (Lipinski definition) is 7. The van der Waals surface area contributed by atoms with Crippen LogP contribution in [0, 0.1) is 32.8 Å². The molecule has 2 aromatic rings. The molecule has 0 radical (unpaired) electrons. The number of hydrazone groups is 1. The Labute approximate surface area is 136 Å². The van der Waals surface area contributed by atoms with E-state index in [-0.39, 0.29) is 16.9 Å². The summed E-state index contributed by atoms with van der Waals surface area (Å²) in [4.78, 5) is 22.2. The first-order valence-electron chi connectivity index (χ1n) is 6.59. The average molecular weight is 319 g/mol. The molecular formula is C16H9N5O3. The number of hydrogen-bond donors (Lipinski definition) is 1. The van der Waals surface area contributed by atoms with Gasteiger partial charge in [-0.25, -0.2) is 0 Å². The maximum absolute atomic E-state index is 12.1. The highest BCUT2D eigenvalue weighted by Gasteiger charge is 2.15. The summed E-state index contributed by atoms with van der Waals surface area (Å²) in [6.07, 6.45) is 0. The van der Waals surface area contributed by atoms with E-state index in [0.717, 1.165) is 6.07 Å². The van der Waals surface area contributed by atoms with Crippen LogP contribution in [0.15, 0.2) is 53.6 Å². The number of non-ortho nitro benzene ring substituents is 1. The topological polar surface area (TPSA) is 132 Å². The molecule has 0 atom stereocenters. The summed E-state index contributed by atoms with van der Waals surface area (Å²) in [5.74, 6) is -0.578. The molecule has 1 N–H and O–H groups in total. The third-order valence-electron chi connectivity index (χ3n) is 2.98. The van der Waals surface area contributed by atoms with Gasteiger partial charge in [0.05, 0.1) is 16.2 Å². The first kappa shape index (κ1) is 16.3. The number of nitriles is 2. The van der Waals surface area contributed by atoms with Crippen LogP contribution < -0.4 is 5.43 Å². The largest absolute Gasteiger partial charge is 0.286 e. The third-order valence-corrected chi connectivity index (χ3v) is 2.98. The summed E-state index contributed by atoms with van der Waals surface area (Å²) in [6.45, 7) is 0. The van der Waals surface area contributed by atoms with E-state index in [1.807, 2.05) is 0 Å². The molecule has 24 heavy (non-hydrogen) atoms. The van der Waals surface area contributed by atoms with Gasteiger partial charge in [-0.1, -0.05) is 30.3 Å². The third kappa shape index (κ3) is 3.59. The second kappa shape index (κ2) is 7.29. The summed E-state index contributed by atoms with van der Waals surface area (Å²) in [7, 11) is 0. The van der Waals surface area contributed by atoms with Gasteiger partial charge >= 0.3 is 0 Å². The molecule has 8 heteroatoms. The van der Waals surface area contributed by atoms with Crippen LogP contribution in [0.25, 0.3) is 0 Å². The zero-order chi connectivity index (χ0) is 17.5. The first-order valence-corrected chi connectivity index (χ1v) is 6.59. The Balaban J connectivity index is 2.29. The summed E-state index contributed by atoms with van der Waals surface area (Å²) < 4.78 is 0. The van der Waals surface area contributed by atoms with Crippen molar-refractivity contribution >= 4 is 22.9 Å². The van der Waals surface area contributed by atoms with Gasteiger partial charge in [0.2, 0.25) is 11.5 Å². The molecule has 116 valence electrons. The quantitative estimate of drug-likeness (QED) is 0.390. The Hall–Kier alpha value is -4.04. The molecule has 0 fully saturated rings. The Morgan fingerprint density at radius 3 is 2.46 bits per heavy atom. The van der Waals surface area contributed by atoms with E-state index in [4.69, 9.17) is 10.5 Å². The van der Waals surface area contributed by atoms with Crippen molar-refractivity contribution in [2.24, 2.45) is 5.10 Å². The molecule has 0 spiro atoms. The number of rotatable bonds is 5. The second-order valence-corrected chi connectivity index (χ2v) is 4.48. The SMILES string of the molecule is N#C/C(=N\Nc1ccc([N+](=O)[O-])cc1C#N)C(=O)c1ccccc1. The summed E-state index contributed by atoms with van der Waals surface area (Å²) in [5, 5.41) is 32.5. The lowest BCUT2D eigenvalue weighted by Gasteiger charge is -2.04. The predicted molar refractivity (Wildman–Crippen MR) is 85.3 cm³/mol. The van der Waals surface area contributed by atoms with E-state index < -0.39 is 16.4 Å². The van der Waals surface area contributed by atoms with E-state index in [1.165, 1.54) is 12.1 Å². The van der Waals surface area contributed by atoms with Crippen molar-refractivity contribution in [3.63, 3.8) is 0 Å². The van der Waals surface area contributed by atoms with Gasteiger partial charge in [-0.15, -0.1) is 0 Å². The maximum atomic E-state index is 12.1. The van der Waals surface area contributed by atoms with Crippen molar-refractivity contribution < 1.29 is 9.72 Å². The summed E-state index contributed by atoms with van der Waals surface area (Å²) >= 11 is 0. The van der Waals surface area contributed by atoms with Gasteiger partial charge in [-0.3, -0.25) is 20.3 Å². The van der Waals surface area contributed by atoms with Gasteiger partial charge in [0, 0.05) is 17.7 Å². The van der Waals surface area contributed by atoms with E-state index in [9.17, 15) is 14.9 Å². The zero-order valence-corrected chi connectivity index (χ0v) is 12.1. The van der Waals surface area contributed by atoms with Crippen molar-refractivity contribution in [1.82, 2.24) is 0 Å². The molecule has 0 saturated carbocycles. The fourth-order valence-corrected chi connectivity index (χ4v) is 1.80. The molecular weight excluding hydrogens is 310 g/mol. The first-order chi connectivity index (χ1) is 11.6. The monoisotopic (exact) mass is 319 g/mol. The lowest BCUT2D eigenvalue weighted by molar-refractivity contribution is -0.384. The van der Waals surface area contributed by atoms with E-state index in [1.54, 1.807) is 42.5 Å². The molecule has 2 rings (SSSR count). The molecule has 8 nitrogen and oxygen atoms in total. The van der Waals surface area contributed by atoms with Crippen LogP contribution in [0.3, 0.4) is 0 Å². The number of nitrogens with one attached hydrogen (secondary N) is 1. The molecule has 0 saturated heterocycles. The molecule has 0 unspecified atom stereocenters. The highest BCUT2D eigenvalue weighted by atomic mass is 16.6. The maximum Gasteiger partial charge on any atom is 0.270 e. The molecule has 2 aromatic carbocycles. The van der Waals surface area contributed by atoms with Gasteiger partial charge in [0.15, 0.2) is 0 Å². The van der Waals surface area contributed by atoms with Gasteiger partial charge < -0.3 is 0 Å². The lowest BCUT2D eigenvalue weighted by atomic mass is 10.1. The number of anilines is 1. The second-order valence-electron chi connectivity index (χ2n) is 4.48. The fourth-order valence-electron chi connectivity index (χ4n) is 1.80. The van der Waals surface area contributed by atoms with Crippen molar-refractivity contribution in [3.05, 3.63) is 69.8 Å². The normalized spacial score (nSPS) is 10.3. The summed E-state index contributed by atoms with van der Waals surface area (Å²) in [5.41, 5.74) is 2.20. The molecule has 0 aliphatic rings. The van der Waals surface area contributed by atoms with Gasteiger partial charge in [-0.2, -0.15) is 15.6 Å². The van der Waals surface area contributed by atoms with Crippen LogP contribution in [0.4, 0.5) is 11.4 Å². The minimum Gasteiger partial charge on any atom is -0.286 e. The Morgan fingerprint density at radius 1 is 1.17 bits per heavy atom. The molecule has 0 bridgehead atoms. The standard InChI is InChI=1S/C16H9N5O3/c17-9-12-8-13(21(23)24)6-7-14(12)19-20-15(10-18)16(22)11-4-2-1-3-5-11/h1-8,19H/b20-15+. The van der Waals surface area contributed by atoms with Crippen molar-refractivity contribution in [3.8, 4) is 12.1 Å². The highest BCUT2D eigenvalue weighted by Crippen LogP contribution is 2.21. The van der Waals surface area contributed by atoms with E-state index in [2.05, 4.69) is 10.5 Å². The number of benzene rings is 2. The Kier molecular flexibility index (Phi) is 4.96. The van der Waals surface area contributed by atoms with Gasteiger partial charge in [-0.05, 0) is 6.07 Å². The van der Waals surface area contributed by atoms with Crippen LogP contribution in [0.2, 0.25) is 0 Å². The number of nitro groups is 1. The lowest BCUT2D eigenvalue weighted by Crippen LogP contribution is -2.14. The molecule has 0 aliphatic heterocycles. The number of carbonyl (C=O) groups excluding carboxylic acids is 1. The number of nitro benzene ring substituents is 1. The number of nitrogens with zero attached hydrogens (tertiary/aromatic N) is 4. The van der Waals surface area contributed by atoms with Crippen molar-refractivity contribution in [2.45, 2.75) is 0 Å². The van der Waals surface area contributed by atoms with Crippen molar-refractivity contribution in [1.29, 1.82) is 10.5 Å². The minimum absolute atomic E-state index is 0.0302. The molecule has 0 aromatic heterocycles. The Morgan fingerprint density at radius 2 is 1.88 bits per heavy atom. The van der Waals surface area contributed by atoms with Crippen LogP contribution in [-0.4, -0.2) is 16.4 Å². The smallest absolute Gasteiger partial charge is 0.270 e. The predicted octanol–water partition coefficient (Wildman–Crippen LogP) is 2.64. The zero-order valence-electron chi connectivity index (χ0n) is 12.1. The van der Waals surface area contributed by atoms with Crippen LogP contribution in [0.1, 0.15) is 15.9 Å². The van der Waals surface area contributed by atoms with E-state index >= 15 is 0 Å². The molecule has 0 amide bonds. The number of Topliss-reactive ketones (excluding diaryl/α,β-unsaturated/α-hetero) is 1. The molecule has 0 heterocycles. The minimum atomic E-state index is -0.631.